The molecule has 3 amide bonds. The number of nitrogens with zero attached hydrogens (tertiary/aromatic N) is 1. The fourth-order valence-corrected chi connectivity index (χ4v) is 2.47. The Bertz CT molecular complexity index is 640. The Balaban J connectivity index is 1.53. The third-order valence-corrected chi connectivity index (χ3v) is 3.58. The van der Waals surface area contributed by atoms with E-state index in [0.29, 0.717) is 25.3 Å². The SMILES string of the molecule is O=C(NCc1ccco1)N[C@@H]1CCN(c2ccccc2)C1=O. The van der Waals surface area contributed by atoms with Crippen LogP contribution in [0.2, 0.25) is 0 Å². The lowest BCUT2D eigenvalue weighted by Gasteiger charge is -2.17. The van der Waals surface area contributed by atoms with Crippen molar-refractivity contribution in [3.63, 3.8) is 0 Å². The predicted molar refractivity (Wildman–Crippen MR) is 81.3 cm³/mol. The number of nitrogens with one attached hydrogen (secondary N) is 2. The molecule has 0 radical (unpaired) electrons. The van der Waals surface area contributed by atoms with Gasteiger partial charge in [0, 0.05) is 12.2 Å². The maximum atomic E-state index is 12.3. The van der Waals surface area contributed by atoms with Gasteiger partial charge in [-0.15, -0.1) is 0 Å². The first-order valence-corrected chi connectivity index (χ1v) is 7.17. The van der Waals surface area contributed by atoms with Gasteiger partial charge in [-0.1, -0.05) is 18.2 Å². The van der Waals surface area contributed by atoms with Gasteiger partial charge in [0.25, 0.3) is 0 Å². The van der Waals surface area contributed by atoms with Gasteiger partial charge in [0.1, 0.15) is 11.8 Å². The van der Waals surface area contributed by atoms with Crippen LogP contribution in [0.15, 0.2) is 53.1 Å². The molecule has 2 aromatic rings. The van der Waals surface area contributed by atoms with Crippen LogP contribution in [0.25, 0.3) is 0 Å². The second-order valence-electron chi connectivity index (χ2n) is 5.07. The highest BCUT2D eigenvalue weighted by molar-refractivity contribution is 6.01. The minimum absolute atomic E-state index is 0.0839. The van der Waals surface area contributed by atoms with Gasteiger partial charge in [0.05, 0.1) is 12.8 Å². The van der Waals surface area contributed by atoms with Crippen LogP contribution in [0.4, 0.5) is 10.5 Å². The van der Waals surface area contributed by atoms with E-state index in [-0.39, 0.29) is 11.9 Å². The average molecular weight is 299 g/mol. The summed E-state index contributed by atoms with van der Waals surface area (Å²) in [5.74, 6) is 0.582. The highest BCUT2D eigenvalue weighted by Gasteiger charge is 2.33. The number of carbonyl (C=O) groups is 2. The summed E-state index contributed by atoms with van der Waals surface area (Å²) in [5.41, 5.74) is 0.854. The molecule has 1 aromatic carbocycles. The van der Waals surface area contributed by atoms with E-state index in [0.717, 1.165) is 5.69 Å². The zero-order chi connectivity index (χ0) is 15.4. The van der Waals surface area contributed by atoms with Crippen LogP contribution in [0.5, 0.6) is 0 Å². The zero-order valence-electron chi connectivity index (χ0n) is 12.0. The number of carbonyl (C=O) groups excluding carboxylic acids is 2. The maximum Gasteiger partial charge on any atom is 0.315 e. The molecule has 1 aliphatic heterocycles. The first-order chi connectivity index (χ1) is 10.7. The lowest BCUT2D eigenvalue weighted by atomic mass is 10.2. The van der Waals surface area contributed by atoms with Crippen LogP contribution < -0.4 is 15.5 Å². The normalized spacial score (nSPS) is 17.5. The largest absolute Gasteiger partial charge is 0.467 e. The Labute approximate surface area is 128 Å². The molecule has 0 saturated carbocycles. The molecular weight excluding hydrogens is 282 g/mol. The van der Waals surface area contributed by atoms with E-state index >= 15 is 0 Å². The summed E-state index contributed by atoms with van der Waals surface area (Å²) in [6, 6.07) is 12.1. The van der Waals surface area contributed by atoms with Gasteiger partial charge >= 0.3 is 6.03 Å². The van der Waals surface area contributed by atoms with E-state index < -0.39 is 6.04 Å². The van der Waals surface area contributed by atoms with E-state index in [1.54, 1.807) is 23.3 Å². The molecule has 6 nitrogen and oxygen atoms in total. The van der Waals surface area contributed by atoms with Crippen LogP contribution in [-0.2, 0) is 11.3 Å². The predicted octanol–water partition coefficient (Wildman–Crippen LogP) is 1.88. The summed E-state index contributed by atoms with van der Waals surface area (Å²) < 4.78 is 5.13. The van der Waals surface area contributed by atoms with E-state index in [1.807, 2.05) is 30.3 Å². The number of para-hydroxylation sites is 1. The molecule has 0 spiro atoms. The summed E-state index contributed by atoms with van der Waals surface area (Å²) in [4.78, 5) is 25.9. The van der Waals surface area contributed by atoms with Crippen molar-refractivity contribution in [2.75, 3.05) is 11.4 Å². The van der Waals surface area contributed by atoms with Crippen molar-refractivity contribution in [2.45, 2.75) is 19.0 Å². The third kappa shape index (κ3) is 3.11. The molecule has 1 aliphatic rings. The van der Waals surface area contributed by atoms with Crippen LogP contribution in [-0.4, -0.2) is 24.5 Å². The molecule has 0 unspecified atom stereocenters. The molecule has 3 rings (SSSR count). The summed E-state index contributed by atoms with van der Waals surface area (Å²) in [6.45, 7) is 0.897. The number of furan rings is 1. The molecule has 1 aromatic heterocycles. The fraction of sp³-hybridized carbons (Fsp3) is 0.250. The summed E-state index contributed by atoms with van der Waals surface area (Å²) >= 11 is 0. The summed E-state index contributed by atoms with van der Waals surface area (Å²) in [6.07, 6.45) is 2.15. The van der Waals surface area contributed by atoms with Gasteiger partial charge in [-0.2, -0.15) is 0 Å². The van der Waals surface area contributed by atoms with Crippen LogP contribution >= 0.6 is 0 Å². The van der Waals surface area contributed by atoms with Gasteiger partial charge < -0.3 is 20.0 Å². The molecule has 1 saturated heterocycles. The van der Waals surface area contributed by atoms with Crippen LogP contribution in [0, 0.1) is 0 Å². The molecule has 1 atom stereocenters. The monoisotopic (exact) mass is 299 g/mol. The van der Waals surface area contributed by atoms with Crippen LogP contribution in [0.1, 0.15) is 12.2 Å². The fourth-order valence-electron chi connectivity index (χ4n) is 2.47. The molecule has 22 heavy (non-hydrogen) atoms. The molecule has 2 N–H and O–H groups in total. The molecule has 0 bridgehead atoms. The number of anilines is 1. The number of benzene rings is 1. The minimum atomic E-state index is -0.489. The topological polar surface area (TPSA) is 74.6 Å². The number of urea groups is 1. The van der Waals surface area contributed by atoms with Gasteiger partial charge in [-0.05, 0) is 30.7 Å². The Morgan fingerprint density at radius 1 is 1.23 bits per heavy atom. The van der Waals surface area contributed by atoms with Crippen molar-refractivity contribution >= 4 is 17.6 Å². The lowest BCUT2D eigenvalue weighted by Crippen LogP contribution is -2.45. The van der Waals surface area contributed by atoms with E-state index in [1.165, 1.54) is 0 Å². The van der Waals surface area contributed by atoms with Gasteiger partial charge in [0.2, 0.25) is 5.91 Å². The number of hydrogen-bond donors (Lipinski definition) is 2. The standard InChI is InChI=1S/C16H17N3O3/c20-15-14(8-9-19(15)12-5-2-1-3-6-12)18-16(21)17-11-13-7-4-10-22-13/h1-7,10,14H,8-9,11H2,(H2,17,18,21)/t14-/m1/s1. The second kappa shape index (κ2) is 6.34. The molecule has 2 heterocycles. The minimum Gasteiger partial charge on any atom is -0.467 e. The van der Waals surface area contributed by atoms with Crippen molar-refractivity contribution < 1.29 is 14.0 Å². The van der Waals surface area contributed by atoms with Crippen molar-refractivity contribution in [1.29, 1.82) is 0 Å². The van der Waals surface area contributed by atoms with E-state index in [9.17, 15) is 9.59 Å². The summed E-state index contributed by atoms with van der Waals surface area (Å²) in [5, 5.41) is 5.38. The first kappa shape index (κ1) is 14.2. The average Bonchev–Trinajstić information content (AvgIpc) is 3.17. The second-order valence-corrected chi connectivity index (χ2v) is 5.07. The highest BCUT2D eigenvalue weighted by Crippen LogP contribution is 2.20. The number of rotatable bonds is 4. The van der Waals surface area contributed by atoms with E-state index in [2.05, 4.69) is 10.6 Å². The Hall–Kier alpha value is -2.76. The zero-order valence-corrected chi connectivity index (χ0v) is 12.0. The summed E-state index contributed by atoms with van der Waals surface area (Å²) in [7, 11) is 0. The first-order valence-electron chi connectivity index (χ1n) is 7.17. The van der Waals surface area contributed by atoms with Crippen molar-refractivity contribution in [3.8, 4) is 0 Å². The van der Waals surface area contributed by atoms with Gasteiger partial charge in [-0.25, -0.2) is 4.79 Å². The van der Waals surface area contributed by atoms with Gasteiger partial charge in [-0.3, -0.25) is 4.79 Å². The van der Waals surface area contributed by atoms with Crippen LogP contribution in [0.3, 0.4) is 0 Å². The van der Waals surface area contributed by atoms with Crippen molar-refractivity contribution in [2.24, 2.45) is 0 Å². The number of hydrogen-bond acceptors (Lipinski definition) is 3. The Kier molecular flexibility index (Phi) is 4.09. The lowest BCUT2D eigenvalue weighted by molar-refractivity contribution is -0.118. The smallest absolute Gasteiger partial charge is 0.315 e. The Morgan fingerprint density at radius 2 is 2.05 bits per heavy atom. The molecule has 0 aliphatic carbocycles. The van der Waals surface area contributed by atoms with Crippen molar-refractivity contribution in [3.05, 3.63) is 54.5 Å². The maximum absolute atomic E-state index is 12.3. The molecule has 114 valence electrons. The van der Waals surface area contributed by atoms with Gasteiger partial charge in [0.15, 0.2) is 0 Å². The van der Waals surface area contributed by atoms with Crippen molar-refractivity contribution in [1.82, 2.24) is 10.6 Å². The molecular formula is C16H17N3O3. The van der Waals surface area contributed by atoms with E-state index in [4.69, 9.17) is 4.42 Å². The quantitative estimate of drug-likeness (QED) is 0.905. The molecule has 1 fully saturated rings. The number of amides is 3. The highest BCUT2D eigenvalue weighted by atomic mass is 16.3. The molecule has 6 heteroatoms. The Morgan fingerprint density at radius 3 is 2.77 bits per heavy atom. The third-order valence-electron chi connectivity index (χ3n) is 3.58.